The molecule has 0 spiro atoms. The molecule has 3 aromatic carbocycles. The van der Waals surface area contributed by atoms with Crippen molar-refractivity contribution < 1.29 is 14.5 Å². The van der Waals surface area contributed by atoms with Gasteiger partial charge in [0.15, 0.2) is 7.49 Å². The van der Waals surface area contributed by atoms with E-state index in [1.165, 1.54) is 0 Å². The van der Waals surface area contributed by atoms with Gasteiger partial charge in [-0.2, -0.15) is 0 Å². The average Bonchev–Trinajstić information content (AvgIpc) is 3.46. The van der Waals surface area contributed by atoms with Crippen LogP contribution in [0.1, 0.15) is 15.9 Å². The third-order valence-corrected chi connectivity index (χ3v) is 10.8. The molecule has 4 aromatic rings. The summed E-state index contributed by atoms with van der Waals surface area (Å²) in [5.74, 6) is -0.220. The minimum Gasteiger partial charge on any atom is -0.397 e. The number of thiophene rings is 1. The summed E-state index contributed by atoms with van der Waals surface area (Å²) in [6.07, 6.45) is 1.51. The molecule has 0 unspecified atom stereocenters. The number of amides is 2. The van der Waals surface area contributed by atoms with Crippen LogP contribution in [0.2, 0.25) is 0 Å². The van der Waals surface area contributed by atoms with E-state index in [2.05, 4.69) is 5.32 Å². The summed E-state index contributed by atoms with van der Waals surface area (Å²) in [7, 11) is -2.19. The number of nitrogen functional groups attached to an aromatic ring is 1. The van der Waals surface area contributed by atoms with E-state index in [1.807, 2.05) is 77.0 Å². The minimum absolute atomic E-state index is 0.0367. The Morgan fingerprint density at radius 2 is 1.68 bits per heavy atom. The van der Waals surface area contributed by atoms with Crippen LogP contribution in [0.25, 0.3) is 10.4 Å². The topological polar surface area (TPSA) is 95.7 Å². The van der Waals surface area contributed by atoms with E-state index < -0.39 is 7.49 Å². The van der Waals surface area contributed by atoms with Crippen molar-refractivity contribution in [1.29, 1.82) is 0 Å². The minimum atomic E-state index is -2.19. The summed E-state index contributed by atoms with van der Waals surface area (Å²) in [5.41, 5.74) is 9.50. The molecule has 2 amide bonds. The highest BCUT2D eigenvalue weighted by molar-refractivity contribution is 7.77. The standard InChI is InChI=1S/C29H28N3O3PS/c30-25-13-12-23(27-7-4-18-37-27)20-26(25)31-29(34)22-10-8-21(9-11-22)19-28(33)32-14-16-36(35,17-15-32)24-5-2-1-3-6-24/h1-13,18,20,35H,14-17,19,30H2/p+1. The number of benzene rings is 3. The van der Waals surface area contributed by atoms with Crippen molar-refractivity contribution >= 4 is 47.3 Å². The van der Waals surface area contributed by atoms with Crippen molar-refractivity contribution in [2.45, 2.75) is 6.42 Å². The number of rotatable bonds is 6. The first-order valence-corrected chi connectivity index (χ1v) is 15.2. The molecule has 0 aliphatic carbocycles. The highest BCUT2D eigenvalue weighted by Crippen LogP contribution is 2.54. The number of nitrogens with zero attached hydrogens (tertiary/aromatic N) is 1. The second-order valence-corrected chi connectivity index (χ2v) is 13.4. The van der Waals surface area contributed by atoms with Crippen LogP contribution in [-0.2, 0) is 11.2 Å². The lowest BCUT2D eigenvalue weighted by Gasteiger charge is -2.32. The Bertz CT molecular complexity index is 1380. The summed E-state index contributed by atoms with van der Waals surface area (Å²) in [6.45, 7) is 1.12. The van der Waals surface area contributed by atoms with Gasteiger partial charge in [-0.05, 0) is 59.0 Å². The van der Waals surface area contributed by atoms with Gasteiger partial charge in [0.2, 0.25) is 5.91 Å². The van der Waals surface area contributed by atoms with Crippen LogP contribution in [0, 0.1) is 0 Å². The third-order valence-electron chi connectivity index (χ3n) is 6.75. The van der Waals surface area contributed by atoms with Crippen molar-refractivity contribution in [2.24, 2.45) is 0 Å². The second-order valence-electron chi connectivity index (χ2n) is 9.19. The van der Waals surface area contributed by atoms with Crippen LogP contribution in [0.15, 0.2) is 90.3 Å². The van der Waals surface area contributed by atoms with E-state index in [0.29, 0.717) is 42.4 Å². The third kappa shape index (κ3) is 5.75. The first-order valence-electron chi connectivity index (χ1n) is 12.2. The highest BCUT2D eigenvalue weighted by atomic mass is 32.1. The van der Waals surface area contributed by atoms with Crippen molar-refractivity contribution in [1.82, 2.24) is 4.90 Å². The van der Waals surface area contributed by atoms with Gasteiger partial charge in [-0.25, -0.2) is 4.89 Å². The van der Waals surface area contributed by atoms with Gasteiger partial charge >= 0.3 is 0 Å². The van der Waals surface area contributed by atoms with Gasteiger partial charge in [0.05, 0.1) is 30.9 Å². The normalized spacial score (nSPS) is 14.8. The molecule has 1 aliphatic heterocycles. The van der Waals surface area contributed by atoms with E-state index in [1.54, 1.807) is 29.5 Å². The molecule has 0 atom stereocenters. The van der Waals surface area contributed by atoms with Crippen LogP contribution >= 0.6 is 18.8 Å². The summed E-state index contributed by atoms with van der Waals surface area (Å²) in [6, 6.07) is 26.5. The molecule has 5 rings (SSSR count). The smallest absolute Gasteiger partial charge is 0.255 e. The molecule has 0 saturated carbocycles. The first-order chi connectivity index (χ1) is 17.9. The SMILES string of the molecule is Nc1ccc(-c2cccs2)cc1NC(=O)c1ccc(CC(=O)N2CC[P+](O)(c3ccccc3)CC2)cc1. The summed E-state index contributed by atoms with van der Waals surface area (Å²) in [5, 5.41) is 5.92. The Morgan fingerprint density at radius 3 is 2.35 bits per heavy atom. The number of nitrogens with one attached hydrogen (secondary N) is 1. The van der Waals surface area contributed by atoms with E-state index in [9.17, 15) is 14.5 Å². The maximum atomic E-state index is 12.9. The summed E-state index contributed by atoms with van der Waals surface area (Å²) < 4.78 is 0. The molecule has 1 aromatic heterocycles. The Balaban J connectivity index is 1.18. The Hall–Kier alpha value is -3.51. The van der Waals surface area contributed by atoms with Gasteiger partial charge in [0, 0.05) is 10.4 Å². The predicted octanol–water partition coefficient (Wildman–Crippen LogP) is 4.88. The molecule has 1 saturated heterocycles. The van der Waals surface area contributed by atoms with Crippen LogP contribution < -0.4 is 16.4 Å². The van der Waals surface area contributed by atoms with Gasteiger partial charge in [-0.15, -0.1) is 11.3 Å². The number of hydrogen-bond donors (Lipinski definition) is 3. The van der Waals surface area contributed by atoms with Gasteiger partial charge in [0.1, 0.15) is 17.6 Å². The number of anilines is 2. The lowest BCUT2D eigenvalue weighted by molar-refractivity contribution is -0.130. The van der Waals surface area contributed by atoms with Crippen molar-refractivity contribution in [2.75, 3.05) is 36.5 Å². The van der Waals surface area contributed by atoms with Crippen LogP contribution in [0.5, 0.6) is 0 Å². The molecule has 1 fully saturated rings. The molecular formula is C29H29N3O3PS+. The molecule has 0 radical (unpaired) electrons. The Labute approximate surface area is 221 Å². The van der Waals surface area contributed by atoms with Gasteiger partial charge in [-0.1, -0.05) is 42.5 Å². The fourth-order valence-corrected chi connectivity index (χ4v) is 7.86. The van der Waals surface area contributed by atoms with E-state index in [-0.39, 0.29) is 18.2 Å². The van der Waals surface area contributed by atoms with Crippen molar-refractivity contribution in [3.05, 3.63) is 101 Å². The fourth-order valence-electron chi connectivity index (χ4n) is 4.52. The number of nitrogens with two attached hydrogens (primary N) is 1. The fraction of sp³-hybridized carbons (Fsp3) is 0.172. The van der Waals surface area contributed by atoms with Crippen LogP contribution in [0.3, 0.4) is 0 Å². The molecular weight excluding hydrogens is 501 g/mol. The molecule has 8 heteroatoms. The van der Waals surface area contributed by atoms with Crippen LogP contribution in [-0.4, -0.2) is 47.0 Å². The molecule has 4 N–H and O–H groups in total. The lowest BCUT2D eigenvalue weighted by atomic mass is 10.1. The molecule has 6 nitrogen and oxygen atoms in total. The van der Waals surface area contributed by atoms with E-state index in [0.717, 1.165) is 21.3 Å². The zero-order valence-electron chi connectivity index (χ0n) is 20.3. The Kier molecular flexibility index (Phi) is 7.38. The predicted molar refractivity (Wildman–Crippen MR) is 154 cm³/mol. The van der Waals surface area contributed by atoms with Gasteiger partial charge < -0.3 is 16.0 Å². The summed E-state index contributed by atoms with van der Waals surface area (Å²) >= 11 is 1.63. The quantitative estimate of drug-likeness (QED) is 0.245. The second kappa shape index (κ2) is 10.9. The maximum absolute atomic E-state index is 12.9. The van der Waals surface area contributed by atoms with Crippen molar-refractivity contribution in [3.63, 3.8) is 0 Å². The molecule has 1 aliphatic rings. The molecule has 0 bridgehead atoms. The highest BCUT2D eigenvalue weighted by Gasteiger charge is 2.43. The monoisotopic (exact) mass is 530 g/mol. The zero-order chi connectivity index (χ0) is 25.8. The van der Waals surface area contributed by atoms with Crippen molar-refractivity contribution in [3.8, 4) is 10.4 Å². The van der Waals surface area contributed by atoms with E-state index in [4.69, 9.17) is 5.73 Å². The largest absolute Gasteiger partial charge is 0.397 e. The van der Waals surface area contributed by atoms with Gasteiger partial charge in [0.25, 0.3) is 5.91 Å². The van der Waals surface area contributed by atoms with Gasteiger partial charge in [-0.3, -0.25) is 9.59 Å². The Morgan fingerprint density at radius 1 is 0.946 bits per heavy atom. The first kappa shape index (κ1) is 25.2. The molecule has 37 heavy (non-hydrogen) atoms. The molecule has 2 heterocycles. The van der Waals surface area contributed by atoms with E-state index >= 15 is 0 Å². The average molecular weight is 531 g/mol. The van der Waals surface area contributed by atoms with Crippen LogP contribution in [0.4, 0.5) is 11.4 Å². The number of carbonyl (C=O) groups is 2. The maximum Gasteiger partial charge on any atom is 0.255 e. The number of carbonyl (C=O) groups excluding carboxylic acids is 2. The zero-order valence-corrected chi connectivity index (χ0v) is 22.1. The summed E-state index contributed by atoms with van der Waals surface area (Å²) in [4.78, 5) is 39.8. The molecule has 188 valence electrons. The number of hydrogen-bond acceptors (Lipinski definition) is 5. The lowest BCUT2D eigenvalue weighted by Crippen LogP contribution is -2.43.